The van der Waals surface area contributed by atoms with Gasteiger partial charge in [-0.05, 0) is 142 Å². The predicted molar refractivity (Wildman–Crippen MR) is 369 cm³/mol. The Balaban J connectivity index is 1.09. The normalized spacial score (nSPS) is 21.7. The van der Waals surface area contributed by atoms with Crippen LogP contribution in [0.25, 0.3) is 0 Å². The highest BCUT2D eigenvalue weighted by Gasteiger charge is 2.44. The summed E-state index contributed by atoms with van der Waals surface area (Å²) < 4.78 is 22.9. The molecule has 0 aromatic heterocycles. The summed E-state index contributed by atoms with van der Waals surface area (Å²) in [6, 6.07) is 30.6. The minimum Gasteiger partial charge on any atom is -0.493 e. The number of benzene rings is 5. The Bertz CT molecular complexity index is 3730. The molecule has 23 nitrogen and oxygen atoms in total. The van der Waals surface area contributed by atoms with E-state index < -0.39 is 101 Å². The number of amides is 8. The molecule has 2 bridgehead atoms. The topological polar surface area (TPSA) is 286 Å². The summed E-state index contributed by atoms with van der Waals surface area (Å²) in [7, 11) is 6.16. The van der Waals surface area contributed by atoms with Crippen LogP contribution in [0.2, 0.25) is 0 Å². The zero-order valence-corrected chi connectivity index (χ0v) is 57.8. The van der Waals surface area contributed by atoms with Crippen molar-refractivity contribution in [3.63, 3.8) is 0 Å². The third-order valence-corrected chi connectivity index (χ3v) is 18.1. The summed E-state index contributed by atoms with van der Waals surface area (Å²) in [5, 5.41) is 11.5. The number of nitrogens with zero attached hydrogens (tertiary/aromatic N) is 4. The van der Waals surface area contributed by atoms with Gasteiger partial charge in [-0.25, -0.2) is 9.59 Å². The first-order chi connectivity index (χ1) is 47.4. The standard InChI is InChI=1S/C76H92N8O15/c1-49(2)43-60-72(92)81(5)40-17-16-29-66(87)98-48-76(3,4)68(88)74(94)84-41-18-15-27-59(84)75(95)99-61(36-34-51-35-37-62(96-7)63(45-51)97-8)55-25-19-26-56(46-55)78-64(85)38-39-65(86)80-67(53-21-11-9-12-22-53)70(90)79-57(71(91)83-42-20-28-58(83)73(93)82(60)6)44-50-30-32-52(33-31-50)47-77-69(89)54-23-13-10-14-24-54/h9-14,16,19,21-26,29-33,35,37,45-46,49,57-61,67H,15,17-18,20,27-28,34,36,38-44,47-48H2,1-8H3,(H,77,89)(H,78,85)(H,79,90)(H,80,86)/t57-,58+,59-,60-,61+,67-/m0/s1. The molecule has 3 aliphatic rings. The molecule has 0 unspecified atom stereocenters. The molecule has 0 spiro atoms. The van der Waals surface area contributed by atoms with Crippen molar-refractivity contribution in [2.45, 2.75) is 148 Å². The molecule has 23 heteroatoms. The fraction of sp³-hybridized carbons (Fsp3) is 0.434. The number of hydrogen-bond donors (Lipinski definition) is 4. The van der Waals surface area contributed by atoms with Gasteiger partial charge in [-0.2, -0.15) is 0 Å². The number of anilines is 1. The molecule has 2 fully saturated rings. The average molecular weight is 1360 g/mol. The number of ketones is 1. The first kappa shape index (κ1) is 74.6. The molecule has 2 saturated heterocycles. The van der Waals surface area contributed by atoms with Crippen molar-refractivity contribution in [2.75, 3.05) is 59.9 Å². The quantitative estimate of drug-likeness (QED) is 0.0642. The fourth-order valence-electron chi connectivity index (χ4n) is 12.4. The molecular weight excluding hydrogens is 1260 g/mol. The predicted octanol–water partition coefficient (Wildman–Crippen LogP) is 7.96. The molecule has 3 aliphatic heterocycles. The number of likely N-dealkylation sites (N-methyl/N-ethyl adjacent to an activating group) is 2. The zero-order valence-electron chi connectivity index (χ0n) is 57.8. The molecule has 99 heavy (non-hydrogen) atoms. The molecule has 3 heterocycles. The summed E-state index contributed by atoms with van der Waals surface area (Å²) in [6.07, 6.45) is 3.92. The number of fused-ring (bicyclic) bond motifs is 4. The number of methoxy groups -OCH3 is 2. The van der Waals surface area contributed by atoms with Crippen LogP contribution >= 0.6 is 0 Å². The van der Waals surface area contributed by atoms with Gasteiger partial charge >= 0.3 is 11.9 Å². The molecule has 8 rings (SSSR count). The summed E-state index contributed by atoms with van der Waals surface area (Å²) in [4.78, 5) is 162. The van der Waals surface area contributed by atoms with E-state index in [0.717, 1.165) is 11.1 Å². The van der Waals surface area contributed by atoms with E-state index in [0.29, 0.717) is 65.1 Å². The third-order valence-electron chi connectivity index (χ3n) is 18.1. The minimum atomic E-state index is -1.52. The summed E-state index contributed by atoms with van der Waals surface area (Å²) in [5.41, 5.74) is 2.33. The summed E-state index contributed by atoms with van der Waals surface area (Å²) >= 11 is 0. The number of carbonyl (C=O) groups excluding carboxylic acids is 11. The molecule has 526 valence electrons. The number of rotatable bonds is 13. The van der Waals surface area contributed by atoms with Crippen LogP contribution in [0.5, 0.6) is 11.5 Å². The van der Waals surface area contributed by atoms with Gasteiger partial charge < -0.3 is 59.8 Å². The number of ether oxygens (including phenoxy) is 4. The number of Topliss-reactive ketones (excluding diaryl/α,β-unsaturated/α-hetero) is 1. The number of cyclic esters (lactones) is 2. The van der Waals surface area contributed by atoms with Crippen LogP contribution in [-0.2, 0) is 76.8 Å². The number of hydrogen-bond acceptors (Lipinski definition) is 15. The molecule has 4 N–H and O–H groups in total. The van der Waals surface area contributed by atoms with Gasteiger partial charge in [0.1, 0.15) is 42.9 Å². The van der Waals surface area contributed by atoms with Crippen LogP contribution < -0.4 is 30.7 Å². The lowest BCUT2D eigenvalue weighted by Crippen LogP contribution is -2.58. The molecule has 0 saturated carbocycles. The smallest absolute Gasteiger partial charge is 0.330 e. The molecule has 5 aromatic carbocycles. The van der Waals surface area contributed by atoms with E-state index in [1.54, 1.807) is 122 Å². The van der Waals surface area contributed by atoms with Crippen molar-refractivity contribution in [1.29, 1.82) is 0 Å². The number of piperidine rings is 1. The molecule has 0 radical (unpaired) electrons. The monoisotopic (exact) mass is 1360 g/mol. The summed E-state index contributed by atoms with van der Waals surface area (Å²) in [6.45, 7) is 6.88. The zero-order chi connectivity index (χ0) is 71.3. The minimum absolute atomic E-state index is 0.0578. The van der Waals surface area contributed by atoms with Crippen LogP contribution in [0.15, 0.2) is 140 Å². The number of carbonyl (C=O) groups is 11. The average Bonchev–Trinajstić information content (AvgIpc) is 1.80. The second kappa shape index (κ2) is 35.4. The van der Waals surface area contributed by atoms with E-state index in [9.17, 15) is 47.9 Å². The van der Waals surface area contributed by atoms with Crippen LogP contribution in [0, 0.1) is 11.3 Å². The van der Waals surface area contributed by atoms with E-state index in [2.05, 4.69) is 21.3 Å². The van der Waals surface area contributed by atoms with Gasteiger partial charge in [0.25, 0.3) is 11.8 Å². The van der Waals surface area contributed by atoms with Crippen LogP contribution in [0.3, 0.4) is 0 Å². The highest BCUT2D eigenvalue weighted by molar-refractivity contribution is 6.38. The van der Waals surface area contributed by atoms with E-state index >= 15 is 4.79 Å². The van der Waals surface area contributed by atoms with E-state index in [1.165, 1.54) is 66.9 Å². The van der Waals surface area contributed by atoms with Crippen LogP contribution in [0.4, 0.5) is 5.69 Å². The van der Waals surface area contributed by atoms with E-state index in [1.807, 2.05) is 26.0 Å². The number of aryl methyl sites for hydroxylation is 1. The summed E-state index contributed by atoms with van der Waals surface area (Å²) in [5.74, 6) is -6.13. The first-order valence-corrected chi connectivity index (χ1v) is 33.8. The third kappa shape index (κ3) is 20.5. The van der Waals surface area contributed by atoms with Crippen molar-refractivity contribution >= 4 is 70.7 Å². The maximum absolute atomic E-state index is 15.3. The largest absolute Gasteiger partial charge is 0.493 e. The van der Waals surface area contributed by atoms with Crippen molar-refractivity contribution in [2.24, 2.45) is 11.3 Å². The Morgan fingerprint density at radius 2 is 1.32 bits per heavy atom. The Hall–Kier alpha value is -10.2. The first-order valence-electron chi connectivity index (χ1n) is 33.8. The van der Waals surface area contributed by atoms with Crippen molar-refractivity contribution in [3.8, 4) is 11.5 Å². The Kier molecular flexibility index (Phi) is 26.6. The van der Waals surface area contributed by atoms with Gasteiger partial charge in [-0.3, -0.25) is 43.2 Å². The van der Waals surface area contributed by atoms with E-state index in [4.69, 9.17) is 18.9 Å². The lowest BCUT2D eigenvalue weighted by Gasteiger charge is -2.36. The van der Waals surface area contributed by atoms with E-state index in [-0.39, 0.29) is 95.3 Å². The molecular formula is C76H92N8O15. The number of esters is 2. The Morgan fingerprint density at radius 3 is 2.03 bits per heavy atom. The molecule has 0 aliphatic carbocycles. The second-order valence-electron chi connectivity index (χ2n) is 26.4. The highest BCUT2D eigenvalue weighted by Crippen LogP contribution is 2.33. The van der Waals surface area contributed by atoms with Crippen molar-refractivity contribution in [3.05, 3.63) is 173 Å². The van der Waals surface area contributed by atoms with Crippen molar-refractivity contribution in [1.82, 2.24) is 35.6 Å². The molecule has 6 atom stereocenters. The number of nitrogens with one attached hydrogen (secondary N) is 4. The second-order valence-corrected chi connectivity index (χ2v) is 26.4. The van der Waals surface area contributed by atoms with Crippen LogP contribution in [0.1, 0.15) is 142 Å². The highest BCUT2D eigenvalue weighted by atomic mass is 16.5. The van der Waals surface area contributed by atoms with Crippen molar-refractivity contribution < 1.29 is 71.7 Å². The maximum Gasteiger partial charge on any atom is 0.330 e. The van der Waals surface area contributed by atoms with Crippen LogP contribution in [-0.4, -0.2) is 163 Å². The fourth-order valence-corrected chi connectivity index (χ4v) is 12.4. The molecule has 5 aromatic rings. The van der Waals surface area contributed by atoms with Gasteiger partial charge in [0, 0.05) is 76.9 Å². The lowest BCUT2D eigenvalue weighted by molar-refractivity contribution is -0.165. The SMILES string of the molecule is COc1ccc(CC[C@H]2OC(=O)[C@@H]3CCCCN3C(=O)C(=O)C(C)(C)COC(=O)C=CCCN(C)C(=O)[C@H](CC(C)C)N(C)C(=O)[C@H]3CCCN3C(=O)[C@H](Cc3ccc(CNC(=O)c4ccccc4)cc3)NC(=O)[C@H](c3ccccc3)NC(=O)CCC(=O)Nc3cccc2c3)cc1OC. The maximum atomic E-state index is 15.3. The lowest BCUT2D eigenvalue weighted by atomic mass is 9.87. The van der Waals surface area contributed by atoms with Gasteiger partial charge in [0.15, 0.2) is 11.5 Å². The Morgan fingerprint density at radius 1 is 0.667 bits per heavy atom. The Labute approximate surface area is 578 Å². The molecule has 8 amide bonds. The van der Waals surface area contributed by atoms with Gasteiger partial charge in [-0.15, -0.1) is 0 Å². The van der Waals surface area contributed by atoms with Gasteiger partial charge in [0.05, 0.1) is 19.6 Å². The van der Waals surface area contributed by atoms with Gasteiger partial charge in [0.2, 0.25) is 41.2 Å². The van der Waals surface area contributed by atoms with Gasteiger partial charge in [-0.1, -0.05) is 111 Å².